The molecule has 3 rings (SSSR count). The third-order valence-electron chi connectivity index (χ3n) is 3.07. The van der Waals surface area contributed by atoms with Crippen LogP contribution in [0.3, 0.4) is 0 Å². The molecule has 1 aromatic heterocycles. The predicted molar refractivity (Wildman–Crippen MR) is 80.6 cm³/mol. The van der Waals surface area contributed by atoms with Crippen molar-refractivity contribution in [1.82, 2.24) is 9.78 Å². The molecule has 0 unspecified atom stereocenters. The summed E-state index contributed by atoms with van der Waals surface area (Å²) in [6.07, 6.45) is 0. The normalized spacial score (nSPS) is 10.5. The van der Waals surface area contributed by atoms with Gasteiger partial charge in [-0.25, -0.2) is 4.68 Å². The van der Waals surface area contributed by atoms with Gasteiger partial charge in [0.2, 0.25) is 0 Å². The van der Waals surface area contributed by atoms with Crippen molar-refractivity contribution in [3.63, 3.8) is 0 Å². The van der Waals surface area contributed by atoms with Crippen molar-refractivity contribution in [2.75, 3.05) is 7.11 Å². The Bertz CT molecular complexity index is 705. The first-order chi connectivity index (χ1) is 9.78. The van der Waals surface area contributed by atoms with Crippen LogP contribution in [0.5, 0.6) is 5.75 Å². The Morgan fingerprint density at radius 1 is 1.00 bits per heavy atom. The second-order valence-electron chi connectivity index (χ2n) is 4.33. The number of nitrogens with zero attached hydrogens (tertiary/aromatic N) is 2. The van der Waals surface area contributed by atoms with E-state index in [0.29, 0.717) is 5.15 Å². The fourth-order valence-electron chi connectivity index (χ4n) is 2.09. The molecule has 100 valence electrons. The Morgan fingerprint density at radius 2 is 1.70 bits per heavy atom. The summed E-state index contributed by atoms with van der Waals surface area (Å²) >= 11 is 6.07. The lowest BCUT2D eigenvalue weighted by Crippen LogP contribution is -1.98. The molecule has 0 spiro atoms. The number of benzene rings is 2. The second kappa shape index (κ2) is 5.39. The molecule has 2 aromatic carbocycles. The van der Waals surface area contributed by atoms with Gasteiger partial charge in [-0.15, -0.1) is 0 Å². The van der Waals surface area contributed by atoms with E-state index in [1.165, 1.54) is 0 Å². The van der Waals surface area contributed by atoms with Crippen LogP contribution in [0.2, 0.25) is 5.15 Å². The average Bonchev–Trinajstić information content (AvgIpc) is 2.90. The van der Waals surface area contributed by atoms with E-state index in [4.69, 9.17) is 16.3 Å². The van der Waals surface area contributed by atoms with Crippen molar-refractivity contribution < 1.29 is 4.74 Å². The first kappa shape index (κ1) is 12.8. The number of ether oxygens (including phenoxy) is 1. The van der Waals surface area contributed by atoms with Gasteiger partial charge in [0, 0.05) is 11.6 Å². The van der Waals surface area contributed by atoms with Gasteiger partial charge < -0.3 is 4.74 Å². The van der Waals surface area contributed by atoms with E-state index in [9.17, 15) is 0 Å². The van der Waals surface area contributed by atoms with Gasteiger partial charge in [-0.2, -0.15) is 5.10 Å². The smallest absolute Gasteiger partial charge is 0.152 e. The highest BCUT2D eigenvalue weighted by molar-refractivity contribution is 6.29. The number of hydrogen-bond donors (Lipinski definition) is 0. The van der Waals surface area contributed by atoms with E-state index in [0.717, 1.165) is 22.7 Å². The van der Waals surface area contributed by atoms with Gasteiger partial charge in [-0.3, -0.25) is 0 Å². The van der Waals surface area contributed by atoms with E-state index in [-0.39, 0.29) is 0 Å². The van der Waals surface area contributed by atoms with Crippen molar-refractivity contribution in [3.8, 4) is 22.7 Å². The zero-order chi connectivity index (χ0) is 13.9. The zero-order valence-electron chi connectivity index (χ0n) is 11.0. The van der Waals surface area contributed by atoms with Gasteiger partial charge in [0.05, 0.1) is 18.5 Å². The van der Waals surface area contributed by atoms with Crippen LogP contribution >= 0.6 is 11.6 Å². The molecule has 0 aliphatic heterocycles. The minimum Gasteiger partial charge on any atom is -0.497 e. The van der Waals surface area contributed by atoms with E-state index in [2.05, 4.69) is 5.10 Å². The summed E-state index contributed by atoms with van der Waals surface area (Å²) in [7, 11) is 1.65. The van der Waals surface area contributed by atoms with Crippen molar-refractivity contribution in [2.45, 2.75) is 0 Å². The quantitative estimate of drug-likeness (QED) is 0.721. The summed E-state index contributed by atoms with van der Waals surface area (Å²) in [5, 5.41) is 4.83. The fraction of sp³-hybridized carbons (Fsp3) is 0.0625. The minimum absolute atomic E-state index is 0.472. The first-order valence-electron chi connectivity index (χ1n) is 6.23. The molecule has 0 atom stereocenters. The average molecular weight is 285 g/mol. The highest BCUT2D eigenvalue weighted by Crippen LogP contribution is 2.26. The van der Waals surface area contributed by atoms with Crippen molar-refractivity contribution in [2.24, 2.45) is 0 Å². The molecule has 3 aromatic rings. The van der Waals surface area contributed by atoms with Gasteiger partial charge in [0.1, 0.15) is 5.75 Å². The van der Waals surface area contributed by atoms with Crippen LogP contribution in [-0.2, 0) is 0 Å². The van der Waals surface area contributed by atoms with Crippen LogP contribution in [0.1, 0.15) is 0 Å². The summed E-state index contributed by atoms with van der Waals surface area (Å²) in [5.74, 6) is 0.813. The third-order valence-corrected chi connectivity index (χ3v) is 3.25. The molecule has 20 heavy (non-hydrogen) atoms. The van der Waals surface area contributed by atoms with Crippen LogP contribution < -0.4 is 4.74 Å². The number of rotatable bonds is 3. The molecule has 0 aliphatic rings. The summed E-state index contributed by atoms with van der Waals surface area (Å²) in [5.41, 5.74) is 2.97. The van der Waals surface area contributed by atoms with Crippen LogP contribution in [0.25, 0.3) is 16.9 Å². The number of aromatic nitrogens is 2. The Morgan fingerprint density at radius 3 is 2.35 bits per heavy atom. The highest BCUT2D eigenvalue weighted by atomic mass is 35.5. The van der Waals surface area contributed by atoms with E-state index < -0.39 is 0 Å². The number of halogens is 1. The Kier molecular flexibility index (Phi) is 3.44. The minimum atomic E-state index is 0.472. The number of methoxy groups -OCH3 is 1. The van der Waals surface area contributed by atoms with Crippen LogP contribution in [0.4, 0.5) is 0 Å². The zero-order valence-corrected chi connectivity index (χ0v) is 11.7. The maximum atomic E-state index is 6.07. The van der Waals surface area contributed by atoms with E-state index in [1.807, 2.05) is 65.3 Å². The van der Waals surface area contributed by atoms with Crippen LogP contribution in [0, 0.1) is 0 Å². The van der Waals surface area contributed by atoms with Crippen LogP contribution in [0.15, 0.2) is 60.7 Å². The van der Waals surface area contributed by atoms with Gasteiger partial charge in [0.15, 0.2) is 5.15 Å². The highest BCUT2D eigenvalue weighted by Gasteiger charge is 2.10. The molecule has 0 aliphatic carbocycles. The molecule has 0 saturated heterocycles. The molecule has 0 amide bonds. The molecule has 3 nitrogen and oxygen atoms in total. The maximum absolute atomic E-state index is 6.07. The predicted octanol–water partition coefficient (Wildman–Crippen LogP) is 4.20. The van der Waals surface area contributed by atoms with Crippen LogP contribution in [-0.4, -0.2) is 16.9 Å². The molecule has 0 radical (unpaired) electrons. The summed E-state index contributed by atoms with van der Waals surface area (Å²) in [6.45, 7) is 0. The Hall–Kier alpha value is -2.26. The van der Waals surface area contributed by atoms with Gasteiger partial charge in [-0.1, -0.05) is 41.9 Å². The maximum Gasteiger partial charge on any atom is 0.152 e. The molecule has 1 heterocycles. The summed E-state index contributed by atoms with van der Waals surface area (Å²) in [6, 6.07) is 19.6. The fourth-order valence-corrected chi connectivity index (χ4v) is 2.27. The van der Waals surface area contributed by atoms with Crippen molar-refractivity contribution in [1.29, 1.82) is 0 Å². The molecule has 4 heteroatoms. The topological polar surface area (TPSA) is 27.1 Å². The lowest BCUT2D eigenvalue weighted by molar-refractivity contribution is 0.414. The molecular weight excluding hydrogens is 272 g/mol. The van der Waals surface area contributed by atoms with Crippen molar-refractivity contribution >= 4 is 11.6 Å². The van der Waals surface area contributed by atoms with Crippen molar-refractivity contribution in [3.05, 3.63) is 65.8 Å². The summed E-state index contributed by atoms with van der Waals surface area (Å²) < 4.78 is 7.00. The molecule has 0 saturated carbocycles. The van der Waals surface area contributed by atoms with E-state index in [1.54, 1.807) is 7.11 Å². The largest absolute Gasteiger partial charge is 0.497 e. The van der Waals surface area contributed by atoms with Gasteiger partial charge >= 0.3 is 0 Å². The van der Waals surface area contributed by atoms with Gasteiger partial charge in [-0.05, 0) is 24.3 Å². The Labute approximate surface area is 122 Å². The second-order valence-corrected chi connectivity index (χ2v) is 4.72. The molecular formula is C16H13ClN2O. The third kappa shape index (κ3) is 2.40. The standard InChI is InChI=1S/C16H13ClN2O/c1-20-14-9-7-13(8-10-14)19-15(11-16(17)18-19)12-5-3-2-4-6-12/h2-11H,1H3. The summed E-state index contributed by atoms with van der Waals surface area (Å²) in [4.78, 5) is 0. The Balaban J connectivity index is 2.09. The molecule has 0 fully saturated rings. The lowest BCUT2D eigenvalue weighted by atomic mass is 10.1. The number of hydrogen-bond acceptors (Lipinski definition) is 2. The van der Waals surface area contributed by atoms with E-state index >= 15 is 0 Å². The molecule has 0 N–H and O–H groups in total. The monoisotopic (exact) mass is 284 g/mol. The van der Waals surface area contributed by atoms with Gasteiger partial charge in [0.25, 0.3) is 0 Å². The first-order valence-corrected chi connectivity index (χ1v) is 6.61. The molecule has 0 bridgehead atoms. The lowest BCUT2D eigenvalue weighted by Gasteiger charge is -2.08. The SMILES string of the molecule is COc1ccc(-n2nc(Cl)cc2-c2ccccc2)cc1.